The molecular weight excluding hydrogens is 252 g/mol. The molecule has 0 unspecified atom stereocenters. The number of terminal acetylenes is 3. The van der Waals surface area contributed by atoms with E-state index in [-0.39, 0.29) is 0 Å². The van der Waals surface area contributed by atoms with E-state index in [0.717, 1.165) is 57.8 Å². The summed E-state index contributed by atoms with van der Waals surface area (Å²) < 4.78 is 0. The van der Waals surface area contributed by atoms with Crippen LogP contribution in [0.3, 0.4) is 0 Å². The van der Waals surface area contributed by atoms with E-state index in [0.29, 0.717) is 0 Å². The predicted octanol–water partition coefficient (Wildman–Crippen LogP) is 4.55. The topological polar surface area (TPSA) is 0 Å². The Morgan fingerprint density at radius 2 is 1.19 bits per heavy atom. The number of aryl methyl sites for hydroxylation is 3. The fourth-order valence-corrected chi connectivity index (χ4v) is 2.47. The van der Waals surface area contributed by atoms with Crippen LogP contribution in [0.2, 0.25) is 0 Å². The summed E-state index contributed by atoms with van der Waals surface area (Å²) >= 11 is 0. The lowest BCUT2D eigenvalue weighted by Crippen LogP contribution is -1.98. The van der Waals surface area contributed by atoms with Gasteiger partial charge in [-0.25, -0.2) is 0 Å². The summed E-state index contributed by atoms with van der Waals surface area (Å²) in [5, 5.41) is 0. The summed E-state index contributed by atoms with van der Waals surface area (Å²) in [4.78, 5) is 0. The molecule has 0 N–H and O–H groups in total. The molecule has 1 aromatic carbocycles. The maximum Gasteiger partial charge on any atom is 0.00892 e. The van der Waals surface area contributed by atoms with Crippen LogP contribution in [-0.2, 0) is 19.3 Å². The van der Waals surface area contributed by atoms with E-state index in [4.69, 9.17) is 19.3 Å². The first-order valence-corrected chi connectivity index (χ1v) is 7.73. The molecule has 0 radical (unpaired) electrons. The van der Waals surface area contributed by atoms with Crippen LogP contribution in [0.25, 0.3) is 0 Å². The second kappa shape index (κ2) is 10.7. The first kappa shape index (κ1) is 17.0. The lowest BCUT2D eigenvalue weighted by Gasteiger charge is -2.11. The second-order valence-electron chi connectivity index (χ2n) is 5.28. The highest BCUT2D eigenvalue weighted by molar-refractivity contribution is 5.33. The Bertz CT molecular complexity index is 543. The zero-order valence-electron chi connectivity index (χ0n) is 12.8. The van der Waals surface area contributed by atoms with Crippen molar-refractivity contribution in [3.63, 3.8) is 0 Å². The molecule has 0 heteroatoms. The normalized spacial score (nSPS) is 9.57. The van der Waals surface area contributed by atoms with Gasteiger partial charge in [-0.3, -0.25) is 0 Å². The molecule has 1 aromatic rings. The van der Waals surface area contributed by atoms with Crippen LogP contribution in [0.5, 0.6) is 0 Å². The highest BCUT2D eigenvalue weighted by atomic mass is 14.1. The van der Waals surface area contributed by atoms with E-state index < -0.39 is 0 Å². The van der Waals surface area contributed by atoms with E-state index in [2.05, 4.69) is 36.0 Å². The molecule has 0 aliphatic rings. The van der Waals surface area contributed by atoms with Gasteiger partial charge in [0, 0.05) is 19.3 Å². The van der Waals surface area contributed by atoms with Gasteiger partial charge in [0.05, 0.1) is 0 Å². The van der Waals surface area contributed by atoms with Gasteiger partial charge in [0.15, 0.2) is 0 Å². The Balaban J connectivity index is 2.73. The first-order valence-electron chi connectivity index (χ1n) is 7.73. The Hall–Kier alpha value is -2.10. The van der Waals surface area contributed by atoms with Gasteiger partial charge in [-0.2, -0.15) is 0 Å². The number of rotatable bonds is 9. The fraction of sp³-hybridized carbons (Fsp3) is 0.429. The average Bonchev–Trinajstić information content (AvgIpc) is 2.50. The molecule has 108 valence electrons. The van der Waals surface area contributed by atoms with Gasteiger partial charge in [-0.1, -0.05) is 18.2 Å². The molecule has 0 aliphatic carbocycles. The Labute approximate surface area is 130 Å². The van der Waals surface area contributed by atoms with Gasteiger partial charge in [-0.05, 0) is 55.2 Å². The molecule has 0 amide bonds. The minimum atomic E-state index is 0.838. The van der Waals surface area contributed by atoms with Crippen molar-refractivity contribution in [2.45, 2.75) is 57.8 Å². The quantitative estimate of drug-likeness (QED) is 0.458. The minimum Gasteiger partial charge on any atom is -0.120 e. The van der Waals surface area contributed by atoms with Crippen molar-refractivity contribution in [2.75, 3.05) is 0 Å². The zero-order chi connectivity index (χ0) is 15.3. The maximum atomic E-state index is 5.35. The van der Waals surface area contributed by atoms with E-state index in [9.17, 15) is 0 Å². The molecule has 0 nitrogen and oxygen atoms in total. The predicted molar refractivity (Wildman–Crippen MR) is 91.8 cm³/mol. The molecule has 0 saturated heterocycles. The Morgan fingerprint density at radius 3 is 1.76 bits per heavy atom. The SMILES string of the molecule is C#CCCCc1ccc(CCCC#C)c(CCCC#C)c1. The third kappa shape index (κ3) is 6.75. The van der Waals surface area contributed by atoms with Gasteiger partial charge in [0.2, 0.25) is 0 Å². The van der Waals surface area contributed by atoms with Crippen molar-refractivity contribution in [1.82, 2.24) is 0 Å². The third-order valence-corrected chi connectivity index (χ3v) is 3.59. The van der Waals surface area contributed by atoms with Crippen molar-refractivity contribution in [2.24, 2.45) is 0 Å². The molecule has 0 aliphatic heterocycles. The van der Waals surface area contributed by atoms with E-state index in [1.807, 2.05) is 0 Å². The minimum absolute atomic E-state index is 0.838. The molecular formula is C21H24. The smallest absolute Gasteiger partial charge is 0.00892 e. The van der Waals surface area contributed by atoms with E-state index >= 15 is 0 Å². The average molecular weight is 276 g/mol. The molecule has 1 rings (SSSR count). The molecule has 0 fully saturated rings. The molecule has 21 heavy (non-hydrogen) atoms. The largest absolute Gasteiger partial charge is 0.120 e. The van der Waals surface area contributed by atoms with Gasteiger partial charge < -0.3 is 0 Å². The van der Waals surface area contributed by atoms with Crippen LogP contribution in [0.4, 0.5) is 0 Å². The maximum absolute atomic E-state index is 5.35. The van der Waals surface area contributed by atoms with Crippen molar-refractivity contribution in [1.29, 1.82) is 0 Å². The molecule has 0 spiro atoms. The van der Waals surface area contributed by atoms with Crippen LogP contribution in [-0.4, -0.2) is 0 Å². The third-order valence-electron chi connectivity index (χ3n) is 3.59. The summed E-state index contributed by atoms with van der Waals surface area (Å²) in [7, 11) is 0. The summed E-state index contributed by atoms with van der Waals surface area (Å²) in [5.41, 5.74) is 4.23. The summed E-state index contributed by atoms with van der Waals surface area (Å²) in [6.45, 7) is 0. The zero-order valence-corrected chi connectivity index (χ0v) is 12.8. The molecule has 0 bridgehead atoms. The van der Waals surface area contributed by atoms with E-state index in [1.165, 1.54) is 16.7 Å². The van der Waals surface area contributed by atoms with Crippen molar-refractivity contribution >= 4 is 0 Å². The second-order valence-corrected chi connectivity index (χ2v) is 5.28. The number of hydrogen-bond donors (Lipinski definition) is 0. The van der Waals surface area contributed by atoms with Crippen LogP contribution in [0.1, 0.15) is 55.2 Å². The highest BCUT2D eigenvalue weighted by Crippen LogP contribution is 2.18. The van der Waals surface area contributed by atoms with Gasteiger partial charge >= 0.3 is 0 Å². The lowest BCUT2D eigenvalue weighted by atomic mass is 9.94. The lowest BCUT2D eigenvalue weighted by molar-refractivity contribution is 0.801. The van der Waals surface area contributed by atoms with Crippen molar-refractivity contribution < 1.29 is 0 Å². The Kier molecular flexibility index (Phi) is 8.61. The first-order chi connectivity index (χ1) is 10.3. The van der Waals surface area contributed by atoms with Crippen LogP contribution >= 0.6 is 0 Å². The van der Waals surface area contributed by atoms with Crippen LogP contribution in [0, 0.1) is 37.0 Å². The number of unbranched alkanes of at least 4 members (excludes halogenated alkanes) is 3. The Morgan fingerprint density at radius 1 is 0.667 bits per heavy atom. The molecule has 0 heterocycles. The number of hydrogen-bond acceptors (Lipinski definition) is 0. The summed E-state index contributed by atoms with van der Waals surface area (Å²) in [6, 6.07) is 6.82. The van der Waals surface area contributed by atoms with Crippen molar-refractivity contribution in [3.05, 3.63) is 34.9 Å². The van der Waals surface area contributed by atoms with Crippen molar-refractivity contribution in [3.8, 4) is 37.0 Å². The fourth-order valence-electron chi connectivity index (χ4n) is 2.47. The summed E-state index contributed by atoms with van der Waals surface area (Å²) in [6.07, 6.45) is 24.8. The van der Waals surface area contributed by atoms with Gasteiger partial charge in [0.25, 0.3) is 0 Å². The van der Waals surface area contributed by atoms with E-state index in [1.54, 1.807) is 0 Å². The monoisotopic (exact) mass is 276 g/mol. The molecule has 0 aromatic heterocycles. The van der Waals surface area contributed by atoms with Crippen LogP contribution in [0.15, 0.2) is 18.2 Å². The molecule has 0 atom stereocenters. The number of benzene rings is 1. The van der Waals surface area contributed by atoms with Gasteiger partial charge in [0.1, 0.15) is 0 Å². The highest BCUT2D eigenvalue weighted by Gasteiger charge is 2.04. The standard InChI is InChI=1S/C21H24/c1-4-7-10-13-19-16-17-20(14-11-8-5-2)21(18-19)15-12-9-6-3/h1-3,16-18H,7-15H2. The molecule has 0 saturated carbocycles. The summed E-state index contributed by atoms with van der Waals surface area (Å²) in [5.74, 6) is 8.13. The van der Waals surface area contributed by atoms with Gasteiger partial charge in [-0.15, -0.1) is 37.0 Å². The van der Waals surface area contributed by atoms with Crippen LogP contribution < -0.4 is 0 Å².